The predicted octanol–water partition coefficient (Wildman–Crippen LogP) is 5.15. The van der Waals surface area contributed by atoms with E-state index < -0.39 is 11.8 Å². The summed E-state index contributed by atoms with van der Waals surface area (Å²) in [5, 5.41) is 13.4. The molecule has 1 amide bonds. The zero-order valence-electron chi connectivity index (χ0n) is 16.2. The molecule has 0 spiro atoms. The van der Waals surface area contributed by atoms with Crippen LogP contribution < -0.4 is 5.32 Å². The van der Waals surface area contributed by atoms with Crippen molar-refractivity contribution in [1.29, 1.82) is 0 Å². The highest BCUT2D eigenvalue weighted by Gasteiger charge is 2.25. The van der Waals surface area contributed by atoms with E-state index in [4.69, 9.17) is 0 Å². The number of carboxylic acid groups (broad SMARTS) is 1. The number of aromatic carboxylic acids is 1. The number of nitrogens with one attached hydrogen (secondary N) is 1. The summed E-state index contributed by atoms with van der Waals surface area (Å²) >= 11 is 0. The quantitative estimate of drug-likeness (QED) is 0.485. The largest absolute Gasteiger partial charge is 0.477 e. The molecular weight excluding hydrogens is 383 g/mol. The van der Waals surface area contributed by atoms with Crippen molar-refractivity contribution < 1.29 is 19.1 Å². The molecule has 4 rings (SSSR count). The van der Waals surface area contributed by atoms with E-state index in [1.165, 1.54) is 13.0 Å². The lowest BCUT2D eigenvalue weighted by atomic mass is 10.0. The van der Waals surface area contributed by atoms with Crippen molar-refractivity contribution in [2.45, 2.75) is 13.5 Å². The van der Waals surface area contributed by atoms with Gasteiger partial charge in [0, 0.05) is 41.2 Å². The first-order chi connectivity index (χ1) is 14.5. The molecule has 1 heterocycles. The zero-order valence-corrected chi connectivity index (χ0v) is 16.2. The van der Waals surface area contributed by atoms with E-state index in [-0.39, 0.29) is 23.7 Å². The lowest BCUT2D eigenvalue weighted by Crippen LogP contribution is -2.11. The van der Waals surface area contributed by atoms with E-state index in [9.17, 15) is 19.1 Å². The molecule has 0 saturated heterocycles. The fourth-order valence-electron chi connectivity index (χ4n) is 3.76. The zero-order chi connectivity index (χ0) is 21.3. The number of carbonyl (C=O) groups excluding carboxylic acids is 1. The highest BCUT2D eigenvalue weighted by atomic mass is 19.1. The number of halogens is 1. The normalized spacial score (nSPS) is 10.9. The van der Waals surface area contributed by atoms with Crippen LogP contribution in [0.2, 0.25) is 0 Å². The van der Waals surface area contributed by atoms with Crippen LogP contribution in [-0.4, -0.2) is 21.6 Å². The summed E-state index contributed by atoms with van der Waals surface area (Å²) < 4.78 is 16.3. The van der Waals surface area contributed by atoms with Crippen LogP contribution in [0.5, 0.6) is 0 Å². The van der Waals surface area contributed by atoms with Gasteiger partial charge in [0.15, 0.2) is 0 Å². The Balaban J connectivity index is 1.93. The summed E-state index contributed by atoms with van der Waals surface area (Å²) in [7, 11) is 0. The third kappa shape index (κ3) is 3.55. The van der Waals surface area contributed by atoms with Crippen LogP contribution in [-0.2, 0) is 11.3 Å². The van der Waals surface area contributed by atoms with Gasteiger partial charge in [0.2, 0.25) is 5.91 Å². The molecule has 4 aromatic rings. The fourth-order valence-corrected chi connectivity index (χ4v) is 3.76. The predicted molar refractivity (Wildman–Crippen MR) is 114 cm³/mol. The Morgan fingerprint density at radius 1 is 1.00 bits per heavy atom. The van der Waals surface area contributed by atoms with Crippen LogP contribution in [0, 0.1) is 5.82 Å². The second-order valence-corrected chi connectivity index (χ2v) is 6.99. The third-order valence-electron chi connectivity index (χ3n) is 4.90. The number of aromatic nitrogens is 1. The molecule has 0 bridgehead atoms. The summed E-state index contributed by atoms with van der Waals surface area (Å²) in [6.45, 7) is 1.68. The first kappa shape index (κ1) is 19.4. The SMILES string of the molecule is CC(=O)Nc1cccc(Cn2c(C(=O)O)c(-c3ccccc3F)c3ccccc32)c1. The second-order valence-electron chi connectivity index (χ2n) is 6.99. The van der Waals surface area contributed by atoms with Crippen molar-refractivity contribution in [3.05, 3.63) is 89.9 Å². The van der Waals surface area contributed by atoms with Crippen LogP contribution in [0.4, 0.5) is 10.1 Å². The number of anilines is 1. The number of fused-ring (bicyclic) bond motifs is 1. The van der Waals surface area contributed by atoms with Crippen LogP contribution in [0.25, 0.3) is 22.0 Å². The van der Waals surface area contributed by atoms with Crippen molar-refractivity contribution >= 4 is 28.5 Å². The number of carboxylic acids is 1. The first-order valence-electron chi connectivity index (χ1n) is 9.41. The van der Waals surface area contributed by atoms with E-state index in [1.807, 2.05) is 18.2 Å². The minimum atomic E-state index is -1.14. The fraction of sp³-hybridized carbons (Fsp3) is 0.0833. The minimum absolute atomic E-state index is 0.0197. The van der Waals surface area contributed by atoms with Crippen molar-refractivity contribution in [1.82, 2.24) is 4.57 Å². The van der Waals surface area contributed by atoms with Crippen LogP contribution in [0.15, 0.2) is 72.8 Å². The van der Waals surface area contributed by atoms with Crippen molar-refractivity contribution in [2.75, 3.05) is 5.32 Å². The molecule has 0 unspecified atom stereocenters. The number of nitrogens with zero attached hydrogens (tertiary/aromatic N) is 1. The van der Waals surface area contributed by atoms with Gasteiger partial charge in [-0.25, -0.2) is 9.18 Å². The molecule has 0 radical (unpaired) electrons. The summed E-state index contributed by atoms with van der Waals surface area (Å²) in [5.74, 6) is -1.80. The molecule has 1 aromatic heterocycles. The van der Waals surface area contributed by atoms with Crippen LogP contribution in [0.3, 0.4) is 0 Å². The van der Waals surface area contributed by atoms with Gasteiger partial charge in [0.1, 0.15) is 11.5 Å². The number of hydrogen-bond donors (Lipinski definition) is 2. The molecule has 150 valence electrons. The lowest BCUT2D eigenvalue weighted by Gasteiger charge is -2.11. The molecule has 0 atom stereocenters. The Bertz CT molecular complexity index is 1280. The summed E-state index contributed by atoms with van der Waals surface area (Å²) in [6.07, 6.45) is 0. The standard InChI is InChI=1S/C24H19FN2O3/c1-15(28)26-17-8-6-7-16(13-17)14-27-21-12-5-3-10-19(21)22(23(27)24(29)30)18-9-2-4-11-20(18)25/h2-13H,14H2,1H3,(H,26,28)(H,29,30). The molecule has 0 aliphatic carbocycles. The van der Waals surface area contributed by atoms with Gasteiger partial charge >= 0.3 is 5.97 Å². The van der Waals surface area contributed by atoms with Gasteiger partial charge in [0.05, 0.1) is 0 Å². The molecule has 30 heavy (non-hydrogen) atoms. The van der Waals surface area contributed by atoms with Gasteiger partial charge < -0.3 is 15.0 Å². The van der Waals surface area contributed by atoms with Crippen molar-refractivity contribution in [3.63, 3.8) is 0 Å². The highest BCUT2D eigenvalue weighted by molar-refractivity contribution is 6.08. The summed E-state index contributed by atoms with van der Waals surface area (Å²) in [4.78, 5) is 23.7. The van der Waals surface area contributed by atoms with Gasteiger partial charge in [-0.2, -0.15) is 0 Å². The number of carbonyl (C=O) groups is 2. The van der Waals surface area contributed by atoms with Crippen molar-refractivity contribution in [3.8, 4) is 11.1 Å². The second kappa shape index (κ2) is 7.83. The van der Waals surface area contributed by atoms with Gasteiger partial charge in [0.25, 0.3) is 0 Å². The number of rotatable bonds is 5. The maximum atomic E-state index is 14.6. The summed E-state index contributed by atoms with van der Waals surface area (Å²) in [6, 6.07) is 20.6. The number of benzene rings is 3. The number of amides is 1. The monoisotopic (exact) mass is 402 g/mol. The van der Waals surface area contributed by atoms with Gasteiger partial charge in [-0.15, -0.1) is 0 Å². The molecule has 0 aliphatic heterocycles. The smallest absolute Gasteiger partial charge is 0.353 e. The molecular formula is C24H19FN2O3. The Kier molecular flexibility index (Phi) is 5.06. The van der Waals surface area contributed by atoms with Gasteiger partial charge in [-0.1, -0.05) is 48.5 Å². The highest BCUT2D eigenvalue weighted by Crippen LogP contribution is 2.37. The molecule has 3 aromatic carbocycles. The van der Waals surface area contributed by atoms with E-state index in [1.54, 1.807) is 53.1 Å². The minimum Gasteiger partial charge on any atom is -0.477 e. The number of hydrogen-bond acceptors (Lipinski definition) is 2. The topological polar surface area (TPSA) is 71.3 Å². The molecule has 2 N–H and O–H groups in total. The van der Waals surface area contributed by atoms with Crippen molar-refractivity contribution in [2.24, 2.45) is 0 Å². The Labute approximate surface area is 172 Å². The van der Waals surface area contributed by atoms with E-state index >= 15 is 0 Å². The molecule has 0 fully saturated rings. The molecule has 6 heteroatoms. The average molecular weight is 402 g/mol. The number of para-hydroxylation sites is 1. The van der Waals surface area contributed by atoms with E-state index in [0.29, 0.717) is 22.2 Å². The van der Waals surface area contributed by atoms with Crippen LogP contribution in [0.1, 0.15) is 23.0 Å². The molecule has 0 aliphatic rings. The van der Waals surface area contributed by atoms with E-state index in [0.717, 1.165) is 5.56 Å². The Morgan fingerprint density at radius 2 is 1.73 bits per heavy atom. The lowest BCUT2D eigenvalue weighted by molar-refractivity contribution is -0.114. The van der Waals surface area contributed by atoms with Crippen LogP contribution >= 0.6 is 0 Å². The maximum Gasteiger partial charge on any atom is 0.353 e. The molecule has 5 nitrogen and oxygen atoms in total. The summed E-state index contributed by atoms with van der Waals surface area (Å²) in [5.41, 5.74) is 2.75. The maximum absolute atomic E-state index is 14.6. The average Bonchev–Trinajstić information content (AvgIpc) is 3.02. The van der Waals surface area contributed by atoms with Gasteiger partial charge in [-0.3, -0.25) is 4.79 Å². The Hall–Kier alpha value is -3.93. The first-order valence-corrected chi connectivity index (χ1v) is 9.41. The van der Waals surface area contributed by atoms with Gasteiger partial charge in [-0.05, 0) is 29.8 Å². The Morgan fingerprint density at radius 3 is 2.47 bits per heavy atom. The third-order valence-corrected chi connectivity index (χ3v) is 4.90. The molecule has 0 saturated carbocycles. The van der Waals surface area contributed by atoms with E-state index in [2.05, 4.69) is 5.32 Å².